The summed E-state index contributed by atoms with van der Waals surface area (Å²) < 4.78 is 0. The fourth-order valence-electron chi connectivity index (χ4n) is 2.26. The van der Waals surface area contributed by atoms with Gasteiger partial charge < -0.3 is 16.0 Å². The van der Waals surface area contributed by atoms with Crippen molar-refractivity contribution in [1.82, 2.24) is 10.2 Å². The van der Waals surface area contributed by atoms with E-state index in [4.69, 9.17) is 18.0 Å². The molecule has 0 aliphatic heterocycles. The van der Waals surface area contributed by atoms with Gasteiger partial charge in [0, 0.05) is 14.1 Å². The number of nitrogens with one attached hydrogen (secondary N) is 1. The summed E-state index contributed by atoms with van der Waals surface area (Å²) in [5, 5.41) is 3.02. The fraction of sp³-hybridized carbons (Fsp3) is 0.833. The van der Waals surface area contributed by atoms with Crippen LogP contribution in [0.25, 0.3) is 0 Å². The lowest BCUT2D eigenvalue weighted by Crippen LogP contribution is -2.58. The lowest BCUT2D eigenvalue weighted by atomic mass is 9.84. The Morgan fingerprint density at radius 3 is 2.06 bits per heavy atom. The Morgan fingerprint density at radius 1 is 1.18 bits per heavy atom. The molecule has 0 aromatic heterocycles. The van der Waals surface area contributed by atoms with Crippen molar-refractivity contribution in [3.05, 3.63) is 0 Å². The van der Waals surface area contributed by atoms with Crippen molar-refractivity contribution in [1.29, 1.82) is 0 Å². The Bertz CT molecular complexity index is 283. The molecule has 1 aliphatic carbocycles. The van der Waals surface area contributed by atoms with E-state index in [0.717, 1.165) is 25.7 Å². The smallest absolute Gasteiger partial charge is 0.317 e. The van der Waals surface area contributed by atoms with Crippen LogP contribution in [-0.4, -0.2) is 35.6 Å². The highest BCUT2D eigenvalue weighted by molar-refractivity contribution is 7.80. The van der Waals surface area contributed by atoms with Crippen molar-refractivity contribution in [3.8, 4) is 0 Å². The molecule has 0 atom stereocenters. The van der Waals surface area contributed by atoms with E-state index in [9.17, 15) is 4.79 Å². The number of amides is 2. The Morgan fingerprint density at radius 2 is 1.65 bits per heavy atom. The summed E-state index contributed by atoms with van der Waals surface area (Å²) in [5.41, 5.74) is 5.39. The second kappa shape index (κ2) is 6.19. The SMILES string of the molecule is CN(C)C(=O)NC1(C(N)=S)CCCCCCC1. The van der Waals surface area contributed by atoms with Crippen molar-refractivity contribution in [2.45, 2.75) is 50.5 Å². The Kier molecular flexibility index (Phi) is 5.18. The van der Waals surface area contributed by atoms with E-state index < -0.39 is 5.54 Å². The Labute approximate surface area is 109 Å². The van der Waals surface area contributed by atoms with Crippen LogP contribution in [0.4, 0.5) is 4.79 Å². The molecule has 1 saturated carbocycles. The maximum atomic E-state index is 11.8. The van der Waals surface area contributed by atoms with Gasteiger partial charge in [-0.1, -0.05) is 44.3 Å². The highest BCUT2D eigenvalue weighted by atomic mass is 32.1. The van der Waals surface area contributed by atoms with E-state index in [1.54, 1.807) is 14.1 Å². The second-order valence-corrected chi connectivity index (χ2v) is 5.48. The molecule has 17 heavy (non-hydrogen) atoms. The molecule has 1 aliphatic rings. The topological polar surface area (TPSA) is 58.4 Å². The molecular weight excluding hydrogens is 234 g/mol. The number of hydrogen-bond donors (Lipinski definition) is 2. The molecule has 1 fully saturated rings. The number of hydrogen-bond acceptors (Lipinski definition) is 2. The number of nitrogens with two attached hydrogens (primary N) is 1. The molecule has 2 amide bonds. The minimum atomic E-state index is -0.475. The summed E-state index contributed by atoms with van der Waals surface area (Å²) in [6.07, 6.45) is 7.54. The van der Waals surface area contributed by atoms with Gasteiger partial charge >= 0.3 is 6.03 Å². The van der Waals surface area contributed by atoms with Gasteiger partial charge in [0.05, 0.1) is 10.5 Å². The predicted molar refractivity (Wildman–Crippen MR) is 74.1 cm³/mol. The maximum Gasteiger partial charge on any atom is 0.317 e. The van der Waals surface area contributed by atoms with Crippen LogP contribution in [0.15, 0.2) is 0 Å². The van der Waals surface area contributed by atoms with E-state index in [2.05, 4.69) is 5.32 Å². The molecule has 0 radical (unpaired) electrons. The molecule has 0 aromatic rings. The summed E-state index contributed by atoms with van der Waals surface area (Å²) in [7, 11) is 3.46. The van der Waals surface area contributed by atoms with Gasteiger partial charge in [-0.3, -0.25) is 0 Å². The van der Waals surface area contributed by atoms with E-state index in [-0.39, 0.29) is 6.03 Å². The van der Waals surface area contributed by atoms with Gasteiger partial charge in [-0.05, 0) is 12.8 Å². The van der Waals surface area contributed by atoms with Crippen LogP contribution in [0.5, 0.6) is 0 Å². The average molecular weight is 257 g/mol. The number of carbonyl (C=O) groups excluding carboxylic acids is 1. The van der Waals surface area contributed by atoms with Crippen molar-refractivity contribution in [2.24, 2.45) is 5.73 Å². The van der Waals surface area contributed by atoms with Crippen LogP contribution in [0.3, 0.4) is 0 Å². The first-order chi connectivity index (χ1) is 7.98. The molecular formula is C12H23N3OS. The van der Waals surface area contributed by atoms with Crippen molar-refractivity contribution in [2.75, 3.05) is 14.1 Å². The summed E-state index contributed by atoms with van der Waals surface area (Å²) in [4.78, 5) is 13.8. The fourth-order valence-corrected chi connectivity index (χ4v) is 2.51. The van der Waals surface area contributed by atoms with Crippen LogP contribution in [-0.2, 0) is 0 Å². The molecule has 5 heteroatoms. The van der Waals surface area contributed by atoms with Crippen LogP contribution in [0.1, 0.15) is 44.9 Å². The normalized spacial score (nSPS) is 19.9. The predicted octanol–water partition coefficient (Wildman–Crippen LogP) is 2.03. The largest absolute Gasteiger partial charge is 0.391 e. The van der Waals surface area contributed by atoms with Crippen LogP contribution in [0.2, 0.25) is 0 Å². The zero-order valence-corrected chi connectivity index (χ0v) is 11.6. The molecule has 1 rings (SSSR count). The van der Waals surface area contributed by atoms with Gasteiger partial charge in [-0.25, -0.2) is 4.79 Å². The number of carbonyl (C=O) groups is 1. The summed E-state index contributed by atoms with van der Waals surface area (Å²) in [6, 6.07) is -0.113. The van der Waals surface area contributed by atoms with Crippen molar-refractivity contribution in [3.63, 3.8) is 0 Å². The first kappa shape index (κ1) is 14.2. The summed E-state index contributed by atoms with van der Waals surface area (Å²) in [6.45, 7) is 0. The van der Waals surface area contributed by atoms with Gasteiger partial charge in [0.1, 0.15) is 0 Å². The first-order valence-corrected chi connectivity index (χ1v) is 6.68. The molecule has 0 aromatic carbocycles. The summed E-state index contributed by atoms with van der Waals surface area (Å²) in [5.74, 6) is 0. The third kappa shape index (κ3) is 3.84. The van der Waals surface area contributed by atoms with Gasteiger partial charge in [-0.15, -0.1) is 0 Å². The lowest BCUT2D eigenvalue weighted by Gasteiger charge is -2.36. The van der Waals surface area contributed by atoms with Gasteiger partial charge in [0.15, 0.2) is 0 Å². The van der Waals surface area contributed by atoms with E-state index in [1.807, 2.05) is 0 Å². The van der Waals surface area contributed by atoms with Crippen LogP contribution in [0, 0.1) is 0 Å². The molecule has 3 N–H and O–H groups in total. The monoisotopic (exact) mass is 257 g/mol. The van der Waals surface area contributed by atoms with E-state index in [0.29, 0.717) is 4.99 Å². The minimum Gasteiger partial charge on any atom is -0.391 e. The highest BCUT2D eigenvalue weighted by Crippen LogP contribution is 2.27. The standard InChI is InChI=1S/C12H23N3OS/c1-15(2)11(16)14-12(10(13)17)8-6-4-3-5-7-9-12/h3-9H2,1-2H3,(H2,13,17)(H,14,16). The highest BCUT2D eigenvalue weighted by Gasteiger charge is 2.35. The molecule has 4 nitrogen and oxygen atoms in total. The molecule has 0 unspecified atom stereocenters. The second-order valence-electron chi connectivity index (χ2n) is 5.04. The molecule has 0 bridgehead atoms. The van der Waals surface area contributed by atoms with Gasteiger partial charge in [0.2, 0.25) is 0 Å². The van der Waals surface area contributed by atoms with Crippen molar-refractivity contribution < 1.29 is 4.79 Å². The zero-order chi connectivity index (χ0) is 12.9. The Balaban J connectivity index is 2.78. The zero-order valence-electron chi connectivity index (χ0n) is 10.8. The number of rotatable bonds is 2. The van der Waals surface area contributed by atoms with Crippen LogP contribution < -0.4 is 11.1 Å². The van der Waals surface area contributed by atoms with Crippen molar-refractivity contribution >= 4 is 23.2 Å². The third-order valence-corrected chi connectivity index (χ3v) is 3.82. The number of urea groups is 1. The molecule has 0 saturated heterocycles. The molecule has 0 heterocycles. The maximum absolute atomic E-state index is 11.8. The van der Waals surface area contributed by atoms with E-state index >= 15 is 0 Å². The van der Waals surface area contributed by atoms with Crippen LogP contribution >= 0.6 is 12.2 Å². The summed E-state index contributed by atoms with van der Waals surface area (Å²) >= 11 is 5.18. The quantitative estimate of drug-likeness (QED) is 0.744. The number of thiocarbonyl (C=S) groups is 1. The first-order valence-electron chi connectivity index (χ1n) is 6.27. The van der Waals surface area contributed by atoms with Gasteiger partial charge in [0.25, 0.3) is 0 Å². The minimum absolute atomic E-state index is 0.113. The third-order valence-electron chi connectivity index (χ3n) is 3.43. The molecule has 98 valence electrons. The Hall–Kier alpha value is -0.840. The number of nitrogens with zero attached hydrogens (tertiary/aromatic N) is 1. The lowest BCUT2D eigenvalue weighted by molar-refractivity contribution is 0.204. The average Bonchev–Trinajstić information content (AvgIpc) is 2.21. The molecule has 0 spiro atoms. The van der Waals surface area contributed by atoms with E-state index in [1.165, 1.54) is 24.2 Å². The van der Waals surface area contributed by atoms with Gasteiger partial charge in [-0.2, -0.15) is 0 Å².